The fourth-order valence-corrected chi connectivity index (χ4v) is 2.29. The molecule has 0 bridgehead atoms. The minimum atomic E-state index is 0.624. The molecule has 21 heavy (non-hydrogen) atoms. The van der Waals surface area contributed by atoms with Crippen LogP contribution >= 0.6 is 0 Å². The van der Waals surface area contributed by atoms with Crippen molar-refractivity contribution in [2.75, 3.05) is 45.2 Å². The van der Waals surface area contributed by atoms with E-state index in [-0.39, 0.29) is 0 Å². The summed E-state index contributed by atoms with van der Waals surface area (Å²) in [4.78, 5) is 2.33. The van der Waals surface area contributed by atoms with Crippen molar-refractivity contribution in [2.24, 2.45) is 0 Å². The van der Waals surface area contributed by atoms with Gasteiger partial charge >= 0.3 is 0 Å². The molecule has 1 fully saturated rings. The number of hydrogen-bond acceptors (Lipinski definition) is 6. The number of aromatic nitrogens is 3. The number of ether oxygens (including phenoxy) is 2. The van der Waals surface area contributed by atoms with Crippen LogP contribution in [0.15, 0.2) is 30.9 Å². The lowest BCUT2D eigenvalue weighted by Gasteiger charge is -2.26. The molecule has 2 heterocycles. The number of nitrogen functional groups attached to an aromatic ring is 1. The maximum Gasteiger partial charge on any atom is 0.143 e. The van der Waals surface area contributed by atoms with Crippen LogP contribution in [0.25, 0.3) is 5.69 Å². The van der Waals surface area contributed by atoms with E-state index in [9.17, 15) is 0 Å². The van der Waals surface area contributed by atoms with Gasteiger partial charge in [0.2, 0.25) is 0 Å². The third-order valence-corrected chi connectivity index (χ3v) is 3.45. The van der Waals surface area contributed by atoms with E-state index in [2.05, 4.69) is 15.1 Å². The van der Waals surface area contributed by atoms with Gasteiger partial charge in [0.25, 0.3) is 0 Å². The first-order chi connectivity index (χ1) is 10.3. The Kier molecular flexibility index (Phi) is 4.32. The first-order valence-electron chi connectivity index (χ1n) is 7.00. The molecule has 0 aliphatic carbocycles. The lowest BCUT2D eigenvalue weighted by Crippen LogP contribution is -2.38. The molecule has 112 valence electrons. The summed E-state index contributed by atoms with van der Waals surface area (Å²) in [6.45, 7) is 5.03. The van der Waals surface area contributed by atoms with Gasteiger partial charge < -0.3 is 15.2 Å². The highest BCUT2D eigenvalue weighted by Crippen LogP contribution is 2.25. The molecule has 0 unspecified atom stereocenters. The number of rotatable bonds is 5. The van der Waals surface area contributed by atoms with Crippen LogP contribution in [-0.2, 0) is 4.74 Å². The highest BCUT2D eigenvalue weighted by Gasteiger charge is 2.11. The van der Waals surface area contributed by atoms with Gasteiger partial charge in [0.1, 0.15) is 25.0 Å². The molecule has 0 radical (unpaired) electrons. The zero-order valence-electron chi connectivity index (χ0n) is 11.8. The second-order valence-corrected chi connectivity index (χ2v) is 4.90. The van der Waals surface area contributed by atoms with Crippen LogP contribution in [0.4, 0.5) is 5.69 Å². The summed E-state index contributed by atoms with van der Waals surface area (Å²) < 4.78 is 13.0. The molecule has 1 aliphatic heterocycles. The Balaban J connectivity index is 1.64. The average Bonchev–Trinajstić information content (AvgIpc) is 3.04. The minimum absolute atomic E-state index is 0.624. The quantitative estimate of drug-likeness (QED) is 0.810. The van der Waals surface area contributed by atoms with Crippen molar-refractivity contribution in [1.29, 1.82) is 0 Å². The topological polar surface area (TPSA) is 78.4 Å². The Hall–Kier alpha value is -2.12. The van der Waals surface area contributed by atoms with Crippen LogP contribution < -0.4 is 10.5 Å². The molecule has 1 aliphatic rings. The van der Waals surface area contributed by atoms with Crippen LogP contribution in [0.1, 0.15) is 0 Å². The van der Waals surface area contributed by atoms with Crippen molar-refractivity contribution < 1.29 is 9.47 Å². The smallest absolute Gasteiger partial charge is 0.143 e. The molecule has 1 aromatic heterocycles. The van der Waals surface area contributed by atoms with E-state index in [1.165, 1.54) is 0 Å². The lowest BCUT2D eigenvalue weighted by atomic mass is 10.2. The molecule has 2 aromatic rings. The van der Waals surface area contributed by atoms with Crippen LogP contribution in [0.3, 0.4) is 0 Å². The highest BCUT2D eigenvalue weighted by atomic mass is 16.5. The maximum absolute atomic E-state index is 5.90. The molecule has 0 atom stereocenters. The molecule has 3 rings (SSSR count). The molecule has 1 aromatic carbocycles. The van der Waals surface area contributed by atoms with Gasteiger partial charge in [-0.2, -0.15) is 0 Å². The summed E-state index contributed by atoms with van der Waals surface area (Å²) in [6.07, 6.45) is 3.26. The number of nitrogens with two attached hydrogens (primary N) is 1. The number of hydrogen-bond donors (Lipinski definition) is 1. The van der Waals surface area contributed by atoms with Gasteiger partial charge in [-0.3, -0.25) is 9.47 Å². The van der Waals surface area contributed by atoms with Crippen LogP contribution in [-0.4, -0.2) is 59.1 Å². The molecular weight excluding hydrogens is 270 g/mol. The number of anilines is 1. The van der Waals surface area contributed by atoms with Crippen LogP contribution in [0.5, 0.6) is 5.75 Å². The standard InChI is InChI=1S/C14H19N5O2/c15-12-1-2-14(13(9-12)19-10-16-17-11-19)21-8-5-18-3-6-20-7-4-18/h1-2,9-11H,3-8,15H2. The van der Waals surface area contributed by atoms with Crippen molar-refractivity contribution in [3.63, 3.8) is 0 Å². The van der Waals surface area contributed by atoms with E-state index in [0.717, 1.165) is 44.3 Å². The molecule has 0 saturated carbocycles. The van der Waals surface area contributed by atoms with Gasteiger partial charge in [-0.25, -0.2) is 0 Å². The normalized spacial score (nSPS) is 16.0. The van der Waals surface area contributed by atoms with Gasteiger partial charge in [-0.05, 0) is 18.2 Å². The Bertz CT molecular complexity index is 567. The zero-order chi connectivity index (χ0) is 14.5. The van der Waals surface area contributed by atoms with Crippen LogP contribution in [0, 0.1) is 0 Å². The molecule has 0 amide bonds. The second-order valence-electron chi connectivity index (χ2n) is 4.90. The molecule has 7 nitrogen and oxygen atoms in total. The van der Waals surface area contributed by atoms with Crippen molar-refractivity contribution in [2.45, 2.75) is 0 Å². The van der Waals surface area contributed by atoms with Gasteiger partial charge in [0.15, 0.2) is 0 Å². The predicted octanol–water partition coefficient (Wildman–Crippen LogP) is 0.560. The Morgan fingerprint density at radius 3 is 2.71 bits per heavy atom. The van der Waals surface area contributed by atoms with E-state index >= 15 is 0 Å². The van der Waals surface area contributed by atoms with E-state index in [0.29, 0.717) is 12.3 Å². The zero-order valence-corrected chi connectivity index (χ0v) is 11.8. The predicted molar refractivity (Wildman–Crippen MR) is 78.5 cm³/mol. The minimum Gasteiger partial charge on any atom is -0.490 e. The van der Waals surface area contributed by atoms with E-state index in [4.69, 9.17) is 15.2 Å². The van der Waals surface area contributed by atoms with E-state index < -0.39 is 0 Å². The average molecular weight is 289 g/mol. The molecular formula is C14H19N5O2. The summed E-state index contributed by atoms with van der Waals surface area (Å²) in [5.74, 6) is 0.775. The molecule has 2 N–H and O–H groups in total. The van der Waals surface area contributed by atoms with Gasteiger partial charge in [-0.1, -0.05) is 0 Å². The number of morpholine rings is 1. The fraction of sp³-hybridized carbons (Fsp3) is 0.429. The first kappa shape index (κ1) is 13.8. The monoisotopic (exact) mass is 289 g/mol. The number of nitrogens with zero attached hydrogens (tertiary/aromatic N) is 4. The van der Waals surface area contributed by atoms with Crippen molar-refractivity contribution in [3.05, 3.63) is 30.9 Å². The summed E-state index contributed by atoms with van der Waals surface area (Å²) in [7, 11) is 0. The molecule has 0 spiro atoms. The summed E-state index contributed by atoms with van der Waals surface area (Å²) in [5.41, 5.74) is 7.38. The Morgan fingerprint density at radius 1 is 1.19 bits per heavy atom. The number of benzene rings is 1. The van der Waals surface area contributed by atoms with Gasteiger partial charge in [0, 0.05) is 25.3 Å². The van der Waals surface area contributed by atoms with Crippen molar-refractivity contribution in [1.82, 2.24) is 19.7 Å². The third kappa shape index (κ3) is 3.50. The second kappa shape index (κ2) is 6.55. The van der Waals surface area contributed by atoms with Crippen molar-refractivity contribution in [3.8, 4) is 11.4 Å². The largest absolute Gasteiger partial charge is 0.490 e. The van der Waals surface area contributed by atoms with E-state index in [1.807, 2.05) is 18.2 Å². The summed E-state index contributed by atoms with van der Waals surface area (Å²) in [6, 6.07) is 5.56. The summed E-state index contributed by atoms with van der Waals surface area (Å²) in [5, 5.41) is 7.64. The third-order valence-electron chi connectivity index (χ3n) is 3.45. The van der Waals surface area contributed by atoms with Gasteiger partial charge in [-0.15, -0.1) is 10.2 Å². The van der Waals surface area contributed by atoms with Crippen molar-refractivity contribution >= 4 is 5.69 Å². The fourth-order valence-electron chi connectivity index (χ4n) is 2.29. The Morgan fingerprint density at radius 2 is 1.95 bits per heavy atom. The van der Waals surface area contributed by atoms with Gasteiger partial charge in [0.05, 0.1) is 18.9 Å². The SMILES string of the molecule is Nc1ccc(OCCN2CCOCC2)c(-n2cnnc2)c1. The summed E-state index contributed by atoms with van der Waals surface area (Å²) >= 11 is 0. The first-order valence-corrected chi connectivity index (χ1v) is 7.00. The molecule has 1 saturated heterocycles. The molecule has 7 heteroatoms. The maximum atomic E-state index is 5.90. The Labute approximate surface area is 123 Å². The highest BCUT2D eigenvalue weighted by molar-refractivity contribution is 5.56. The van der Waals surface area contributed by atoms with Crippen LogP contribution in [0.2, 0.25) is 0 Å². The van der Waals surface area contributed by atoms with E-state index in [1.54, 1.807) is 17.2 Å². The lowest BCUT2D eigenvalue weighted by molar-refractivity contribution is 0.0322.